The number of imidazole rings is 1. The smallest absolute Gasteiger partial charge is 0.444 e. The molecule has 0 radical (unpaired) electrons. The molecule has 4 rings (SSSR count). The van der Waals surface area contributed by atoms with Gasteiger partial charge in [-0.05, 0) is 23.8 Å². The standard InChI is InChI=1S/C25H24F3N5O3/c26-25(27,28)36-23-4-2-1-3-21(23)17-35-24(34)32-11-9-31(10-12-32)16-22-14-30-18-33(22)15-20-7-5-19(13-29)6-8-20/h1-8,14,18H,9-12,15-17H2. The molecule has 8 nitrogen and oxygen atoms in total. The molecule has 0 spiro atoms. The van der Waals surface area contributed by atoms with E-state index in [1.165, 1.54) is 23.1 Å². The van der Waals surface area contributed by atoms with Gasteiger partial charge in [-0.3, -0.25) is 4.90 Å². The lowest BCUT2D eigenvalue weighted by molar-refractivity contribution is -0.275. The molecule has 0 unspecified atom stereocenters. The Hall–Kier alpha value is -4.04. The van der Waals surface area contributed by atoms with E-state index in [9.17, 15) is 18.0 Å². The lowest BCUT2D eigenvalue weighted by Gasteiger charge is -2.34. The van der Waals surface area contributed by atoms with Gasteiger partial charge in [-0.1, -0.05) is 30.3 Å². The second kappa shape index (κ2) is 11.1. The first-order chi connectivity index (χ1) is 17.3. The Bertz CT molecular complexity index is 1210. The number of aromatic nitrogens is 2. The molecule has 2 heterocycles. The zero-order valence-corrected chi connectivity index (χ0v) is 19.3. The molecule has 0 N–H and O–H groups in total. The molecule has 0 bridgehead atoms. The fraction of sp³-hybridized carbons (Fsp3) is 0.320. The summed E-state index contributed by atoms with van der Waals surface area (Å²) in [5.74, 6) is -0.389. The van der Waals surface area contributed by atoms with Crippen molar-refractivity contribution in [3.05, 3.63) is 83.4 Å². The van der Waals surface area contributed by atoms with Gasteiger partial charge in [0.05, 0.1) is 23.7 Å². The Morgan fingerprint density at radius 3 is 2.44 bits per heavy atom. The second-order valence-corrected chi connectivity index (χ2v) is 8.29. The molecule has 0 atom stereocenters. The third-order valence-electron chi connectivity index (χ3n) is 5.80. The Morgan fingerprint density at radius 1 is 1.03 bits per heavy atom. The monoisotopic (exact) mass is 499 g/mol. The minimum Gasteiger partial charge on any atom is -0.444 e. The van der Waals surface area contributed by atoms with Gasteiger partial charge in [-0.2, -0.15) is 5.26 Å². The molecule has 1 amide bonds. The number of alkyl halides is 3. The van der Waals surface area contributed by atoms with Crippen LogP contribution in [0.4, 0.5) is 18.0 Å². The highest BCUT2D eigenvalue weighted by Gasteiger charge is 2.32. The summed E-state index contributed by atoms with van der Waals surface area (Å²) in [5.41, 5.74) is 2.83. The number of piperazine rings is 1. The number of amides is 1. The van der Waals surface area contributed by atoms with Crippen LogP contribution in [-0.4, -0.2) is 58.0 Å². The molecular weight excluding hydrogens is 475 g/mol. The van der Waals surface area contributed by atoms with E-state index in [0.29, 0.717) is 44.8 Å². The summed E-state index contributed by atoms with van der Waals surface area (Å²) < 4.78 is 49.1. The van der Waals surface area contributed by atoms with E-state index >= 15 is 0 Å². The molecule has 1 fully saturated rings. The number of hydrogen-bond acceptors (Lipinski definition) is 6. The lowest BCUT2D eigenvalue weighted by atomic mass is 10.1. The van der Waals surface area contributed by atoms with Crippen molar-refractivity contribution in [2.75, 3.05) is 26.2 Å². The molecule has 0 saturated carbocycles. The maximum Gasteiger partial charge on any atom is 0.573 e. The number of ether oxygens (including phenoxy) is 2. The highest BCUT2D eigenvalue weighted by molar-refractivity contribution is 5.67. The fourth-order valence-electron chi connectivity index (χ4n) is 3.90. The number of hydrogen-bond donors (Lipinski definition) is 0. The van der Waals surface area contributed by atoms with Crippen molar-refractivity contribution in [1.29, 1.82) is 5.26 Å². The molecule has 188 valence electrons. The number of para-hydroxylation sites is 1. The SMILES string of the molecule is N#Cc1ccc(Cn2cncc2CN2CCN(C(=O)OCc3ccccc3OC(F)(F)F)CC2)cc1. The highest BCUT2D eigenvalue weighted by Crippen LogP contribution is 2.27. The van der Waals surface area contributed by atoms with E-state index in [1.807, 2.05) is 22.9 Å². The topological polar surface area (TPSA) is 83.6 Å². The third kappa shape index (κ3) is 6.76. The van der Waals surface area contributed by atoms with Crippen molar-refractivity contribution in [2.45, 2.75) is 26.1 Å². The number of benzene rings is 2. The van der Waals surface area contributed by atoms with Crippen molar-refractivity contribution < 1.29 is 27.4 Å². The Morgan fingerprint density at radius 2 is 1.75 bits per heavy atom. The van der Waals surface area contributed by atoms with Gasteiger partial charge in [0.15, 0.2) is 0 Å². The number of rotatable bonds is 7. The Balaban J connectivity index is 1.26. The molecule has 2 aromatic carbocycles. The van der Waals surface area contributed by atoms with Gasteiger partial charge >= 0.3 is 12.5 Å². The fourth-order valence-corrected chi connectivity index (χ4v) is 3.90. The molecule has 36 heavy (non-hydrogen) atoms. The van der Waals surface area contributed by atoms with Crippen LogP contribution < -0.4 is 4.74 Å². The van der Waals surface area contributed by atoms with E-state index in [4.69, 9.17) is 10.00 Å². The first-order valence-electron chi connectivity index (χ1n) is 11.3. The van der Waals surface area contributed by atoms with Crippen LogP contribution in [-0.2, 0) is 24.4 Å². The van der Waals surface area contributed by atoms with E-state index in [-0.39, 0.29) is 17.9 Å². The number of nitrogens with zero attached hydrogens (tertiary/aromatic N) is 5. The van der Waals surface area contributed by atoms with Crippen LogP contribution in [0, 0.1) is 11.3 Å². The van der Waals surface area contributed by atoms with E-state index in [1.54, 1.807) is 24.5 Å². The van der Waals surface area contributed by atoms with E-state index in [0.717, 1.165) is 11.3 Å². The quantitative estimate of drug-likeness (QED) is 0.486. The maximum atomic E-state index is 12.6. The minimum atomic E-state index is -4.83. The second-order valence-electron chi connectivity index (χ2n) is 8.29. The largest absolute Gasteiger partial charge is 0.573 e. The van der Waals surface area contributed by atoms with Gasteiger partial charge in [0.25, 0.3) is 0 Å². The molecule has 1 aliphatic heterocycles. The summed E-state index contributed by atoms with van der Waals surface area (Å²) in [7, 11) is 0. The summed E-state index contributed by atoms with van der Waals surface area (Å²) in [5, 5.41) is 8.95. The summed E-state index contributed by atoms with van der Waals surface area (Å²) in [4.78, 5) is 20.5. The summed E-state index contributed by atoms with van der Waals surface area (Å²) in [6, 6.07) is 15.1. The minimum absolute atomic E-state index is 0.136. The summed E-state index contributed by atoms with van der Waals surface area (Å²) >= 11 is 0. The van der Waals surface area contributed by atoms with Crippen molar-refractivity contribution >= 4 is 6.09 Å². The van der Waals surface area contributed by atoms with Gasteiger partial charge in [0.2, 0.25) is 0 Å². The van der Waals surface area contributed by atoms with Crippen LogP contribution in [0.25, 0.3) is 0 Å². The molecule has 0 aliphatic carbocycles. The average Bonchev–Trinajstić information content (AvgIpc) is 3.29. The maximum absolute atomic E-state index is 12.6. The van der Waals surface area contributed by atoms with Gasteiger partial charge in [-0.25, -0.2) is 9.78 Å². The number of nitriles is 1. The average molecular weight is 499 g/mol. The lowest BCUT2D eigenvalue weighted by Crippen LogP contribution is -2.48. The Kier molecular flexibility index (Phi) is 7.75. The first-order valence-corrected chi connectivity index (χ1v) is 11.3. The van der Waals surface area contributed by atoms with Crippen LogP contribution in [0.1, 0.15) is 22.4 Å². The van der Waals surface area contributed by atoms with Crippen LogP contribution in [0.3, 0.4) is 0 Å². The van der Waals surface area contributed by atoms with E-state index < -0.39 is 12.5 Å². The number of carbonyl (C=O) groups is 1. The van der Waals surface area contributed by atoms with Crippen molar-refractivity contribution in [1.82, 2.24) is 19.4 Å². The molecule has 3 aromatic rings. The third-order valence-corrected chi connectivity index (χ3v) is 5.80. The van der Waals surface area contributed by atoms with Crippen LogP contribution >= 0.6 is 0 Å². The molecule has 1 aliphatic rings. The van der Waals surface area contributed by atoms with Gasteiger partial charge in [0.1, 0.15) is 12.4 Å². The normalized spacial score (nSPS) is 14.3. The zero-order chi connectivity index (χ0) is 25.5. The molecule has 11 heteroatoms. The molecular formula is C25H24F3N5O3. The van der Waals surface area contributed by atoms with Crippen LogP contribution in [0.15, 0.2) is 61.1 Å². The van der Waals surface area contributed by atoms with Crippen LogP contribution in [0.2, 0.25) is 0 Å². The molecule has 1 aromatic heterocycles. The predicted molar refractivity (Wildman–Crippen MR) is 123 cm³/mol. The Labute approximate surface area is 206 Å². The summed E-state index contributed by atoms with van der Waals surface area (Å²) in [6.45, 7) is 3.07. The number of halogens is 3. The molecule has 1 saturated heterocycles. The highest BCUT2D eigenvalue weighted by atomic mass is 19.4. The van der Waals surface area contributed by atoms with Crippen molar-refractivity contribution in [3.63, 3.8) is 0 Å². The predicted octanol–water partition coefficient (Wildman–Crippen LogP) is 4.16. The van der Waals surface area contributed by atoms with Gasteiger partial charge in [-0.15, -0.1) is 13.2 Å². The first kappa shape index (κ1) is 25.1. The van der Waals surface area contributed by atoms with Crippen molar-refractivity contribution in [2.24, 2.45) is 0 Å². The van der Waals surface area contributed by atoms with Crippen molar-refractivity contribution in [3.8, 4) is 11.8 Å². The van der Waals surface area contributed by atoms with Gasteiger partial charge in [0, 0.05) is 51.0 Å². The number of carbonyl (C=O) groups excluding carboxylic acids is 1. The zero-order valence-electron chi connectivity index (χ0n) is 19.3. The van der Waals surface area contributed by atoms with Gasteiger partial charge < -0.3 is 18.9 Å². The van der Waals surface area contributed by atoms with Crippen LogP contribution in [0.5, 0.6) is 5.75 Å². The summed E-state index contributed by atoms with van der Waals surface area (Å²) in [6.07, 6.45) is -1.83. The van der Waals surface area contributed by atoms with E-state index in [2.05, 4.69) is 20.7 Å².